The second kappa shape index (κ2) is 5.78. The van der Waals surface area contributed by atoms with Gasteiger partial charge in [0.15, 0.2) is 5.78 Å². The van der Waals surface area contributed by atoms with E-state index in [0.29, 0.717) is 23.4 Å². The summed E-state index contributed by atoms with van der Waals surface area (Å²) in [4.78, 5) is 11.8. The molecule has 0 aromatic heterocycles. The van der Waals surface area contributed by atoms with Crippen LogP contribution < -0.4 is 0 Å². The molecule has 0 heterocycles. The highest BCUT2D eigenvalue weighted by molar-refractivity contribution is 6.30. The Morgan fingerprint density at radius 1 is 1.11 bits per heavy atom. The largest absolute Gasteiger partial charge is 0.294 e. The van der Waals surface area contributed by atoms with Crippen LogP contribution in [0.3, 0.4) is 0 Å². The lowest BCUT2D eigenvalue weighted by Crippen LogP contribution is -2.01. The molecule has 92 valence electrons. The normalized spacial score (nSPS) is 10.3. The molecule has 18 heavy (non-hydrogen) atoms. The number of carbonyl (C=O) groups is 1. The van der Waals surface area contributed by atoms with Gasteiger partial charge in [-0.15, -0.1) is 0 Å². The number of rotatable bonds is 4. The van der Waals surface area contributed by atoms with Gasteiger partial charge in [-0.1, -0.05) is 35.9 Å². The van der Waals surface area contributed by atoms with Gasteiger partial charge in [-0.2, -0.15) is 0 Å². The molecule has 0 N–H and O–H groups in total. The van der Waals surface area contributed by atoms with Crippen molar-refractivity contribution >= 4 is 17.4 Å². The number of hydrogen-bond donors (Lipinski definition) is 0. The fourth-order valence-electron chi connectivity index (χ4n) is 1.72. The van der Waals surface area contributed by atoms with Crippen molar-refractivity contribution in [3.8, 4) is 0 Å². The summed E-state index contributed by atoms with van der Waals surface area (Å²) in [5.74, 6) is -0.434. The van der Waals surface area contributed by atoms with Crippen LogP contribution in [0.4, 0.5) is 4.39 Å². The van der Waals surface area contributed by atoms with Gasteiger partial charge in [-0.25, -0.2) is 4.39 Å². The Bertz CT molecular complexity index is 549. The van der Waals surface area contributed by atoms with Crippen LogP contribution in [0.1, 0.15) is 22.3 Å². The highest BCUT2D eigenvalue weighted by Gasteiger charge is 2.06. The van der Waals surface area contributed by atoms with E-state index in [-0.39, 0.29) is 11.6 Å². The molecule has 3 heteroatoms. The first kappa shape index (κ1) is 12.8. The number of halogens is 2. The minimum absolute atomic E-state index is 0.0514. The molecule has 2 aromatic rings. The molecule has 0 saturated heterocycles. The second-order valence-corrected chi connectivity index (χ2v) is 4.50. The summed E-state index contributed by atoms with van der Waals surface area (Å²) in [5, 5.41) is 0.676. The molecule has 0 atom stereocenters. The molecule has 0 aliphatic heterocycles. The molecule has 0 spiro atoms. The summed E-state index contributed by atoms with van der Waals surface area (Å²) in [5.41, 5.74) is 1.47. The molecule has 0 unspecified atom stereocenters. The van der Waals surface area contributed by atoms with E-state index < -0.39 is 0 Å². The van der Waals surface area contributed by atoms with Gasteiger partial charge >= 0.3 is 0 Å². The first-order valence-electron chi connectivity index (χ1n) is 5.68. The van der Waals surface area contributed by atoms with E-state index in [2.05, 4.69) is 0 Å². The van der Waals surface area contributed by atoms with E-state index in [1.165, 1.54) is 12.1 Å². The second-order valence-electron chi connectivity index (χ2n) is 4.06. The monoisotopic (exact) mass is 262 g/mol. The van der Waals surface area contributed by atoms with Crippen LogP contribution in [0.5, 0.6) is 0 Å². The zero-order valence-corrected chi connectivity index (χ0v) is 10.5. The van der Waals surface area contributed by atoms with E-state index in [0.717, 1.165) is 5.56 Å². The van der Waals surface area contributed by atoms with E-state index in [9.17, 15) is 9.18 Å². The zero-order valence-electron chi connectivity index (χ0n) is 9.70. The smallest absolute Gasteiger partial charge is 0.163 e. The summed E-state index contributed by atoms with van der Waals surface area (Å²) < 4.78 is 13.0. The maximum Gasteiger partial charge on any atom is 0.163 e. The third-order valence-electron chi connectivity index (χ3n) is 2.70. The summed E-state index contributed by atoms with van der Waals surface area (Å²) in [6.07, 6.45) is 0.998. The number of aryl methyl sites for hydroxylation is 1. The minimum atomic E-state index is -0.382. The van der Waals surface area contributed by atoms with Crippen molar-refractivity contribution in [1.82, 2.24) is 0 Å². The summed E-state index contributed by atoms with van der Waals surface area (Å²) in [7, 11) is 0. The van der Waals surface area contributed by atoms with Gasteiger partial charge in [0.2, 0.25) is 0 Å². The molecular weight excluding hydrogens is 251 g/mol. The molecule has 0 aliphatic carbocycles. The summed E-state index contributed by atoms with van der Waals surface area (Å²) in [6, 6.07) is 13.1. The molecule has 0 aliphatic rings. The van der Waals surface area contributed by atoms with Gasteiger partial charge in [0.05, 0.1) is 0 Å². The SMILES string of the molecule is O=C(CCc1ccc(Cl)cc1)c1cccc(F)c1. The Labute approximate surface area is 110 Å². The molecule has 0 amide bonds. The number of Topliss-reactive ketones (excluding diaryl/α,β-unsaturated/α-hetero) is 1. The van der Waals surface area contributed by atoms with Crippen molar-refractivity contribution in [3.05, 3.63) is 70.5 Å². The van der Waals surface area contributed by atoms with E-state index in [1.54, 1.807) is 24.3 Å². The third-order valence-corrected chi connectivity index (χ3v) is 2.95. The zero-order chi connectivity index (χ0) is 13.0. The maximum atomic E-state index is 13.0. The van der Waals surface area contributed by atoms with Gasteiger partial charge in [-0.3, -0.25) is 4.79 Å². The Morgan fingerprint density at radius 3 is 2.50 bits per heavy atom. The third kappa shape index (κ3) is 3.41. The fourth-order valence-corrected chi connectivity index (χ4v) is 1.84. The molecule has 0 fully saturated rings. The van der Waals surface area contributed by atoms with Crippen molar-refractivity contribution in [1.29, 1.82) is 0 Å². The Morgan fingerprint density at radius 2 is 1.83 bits per heavy atom. The number of ketones is 1. The average molecular weight is 263 g/mol. The Hall–Kier alpha value is -1.67. The Balaban J connectivity index is 1.98. The van der Waals surface area contributed by atoms with Crippen LogP contribution in [0.25, 0.3) is 0 Å². The topological polar surface area (TPSA) is 17.1 Å². The van der Waals surface area contributed by atoms with Gasteiger partial charge in [0.25, 0.3) is 0 Å². The van der Waals surface area contributed by atoms with Gasteiger partial charge in [0, 0.05) is 17.0 Å². The van der Waals surface area contributed by atoms with Crippen molar-refractivity contribution < 1.29 is 9.18 Å². The van der Waals surface area contributed by atoms with Crippen molar-refractivity contribution in [2.24, 2.45) is 0 Å². The molecule has 1 nitrogen and oxygen atoms in total. The lowest BCUT2D eigenvalue weighted by Gasteiger charge is -2.02. The fraction of sp³-hybridized carbons (Fsp3) is 0.133. The lowest BCUT2D eigenvalue weighted by molar-refractivity contribution is 0.0982. The lowest BCUT2D eigenvalue weighted by atomic mass is 10.0. The molecule has 0 radical (unpaired) electrons. The van der Waals surface area contributed by atoms with Gasteiger partial charge in [0.1, 0.15) is 5.82 Å². The van der Waals surface area contributed by atoms with Crippen molar-refractivity contribution in [2.75, 3.05) is 0 Å². The first-order chi connectivity index (χ1) is 8.65. The number of hydrogen-bond acceptors (Lipinski definition) is 1. The standard InChI is InChI=1S/C15H12ClFO/c16-13-7-4-11(5-8-13)6-9-15(18)12-2-1-3-14(17)10-12/h1-5,7-8,10H,6,9H2. The van der Waals surface area contributed by atoms with Crippen molar-refractivity contribution in [3.63, 3.8) is 0 Å². The Kier molecular flexibility index (Phi) is 4.11. The van der Waals surface area contributed by atoms with Gasteiger partial charge < -0.3 is 0 Å². The molecule has 0 saturated carbocycles. The van der Waals surface area contributed by atoms with Crippen LogP contribution in [0, 0.1) is 5.82 Å². The number of carbonyl (C=O) groups excluding carboxylic acids is 1. The van der Waals surface area contributed by atoms with Crippen LogP contribution in [0.2, 0.25) is 5.02 Å². The van der Waals surface area contributed by atoms with E-state index in [1.807, 2.05) is 12.1 Å². The van der Waals surface area contributed by atoms with Crippen LogP contribution in [0.15, 0.2) is 48.5 Å². The van der Waals surface area contributed by atoms with Crippen LogP contribution in [-0.4, -0.2) is 5.78 Å². The average Bonchev–Trinajstić information content (AvgIpc) is 2.38. The molecule has 2 rings (SSSR count). The predicted octanol–water partition coefficient (Wildman–Crippen LogP) is 4.29. The van der Waals surface area contributed by atoms with Crippen LogP contribution >= 0.6 is 11.6 Å². The maximum absolute atomic E-state index is 13.0. The minimum Gasteiger partial charge on any atom is -0.294 e. The molecule has 2 aromatic carbocycles. The first-order valence-corrected chi connectivity index (χ1v) is 6.06. The highest BCUT2D eigenvalue weighted by atomic mass is 35.5. The van der Waals surface area contributed by atoms with Crippen molar-refractivity contribution in [2.45, 2.75) is 12.8 Å². The highest BCUT2D eigenvalue weighted by Crippen LogP contribution is 2.13. The predicted molar refractivity (Wildman–Crippen MR) is 70.5 cm³/mol. The van der Waals surface area contributed by atoms with Gasteiger partial charge in [-0.05, 0) is 36.2 Å². The van der Waals surface area contributed by atoms with E-state index in [4.69, 9.17) is 11.6 Å². The summed E-state index contributed by atoms with van der Waals surface area (Å²) >= 11 is 5.78. The quantitative estimate of drug-likeness (QED) is 0.751. The van der Waals surface area contributed by atoms with E-state index >= 15 is 0 Å². The molecule has 0 bridgehead atoms. The van der Waals surface area contributed by atoms with Crippen LogP contribution in [-0.2, 0) is 6.42 Å². The number of benzene rings is 2. The summed E-state index contributed by atoms with van der Waals surface area (Å²) in [6.45, 7) is 0. The molecular formula is C15H12ClFO.